The molecule has 0 radical (unpaired) electrons. The van der Waals surface area contributed by atoms with Crippen molar-refractivity contribution < 1.29 is 18.3 Å². The summed E-state index contributed by atoms with van der Waals surface area (Å²) in [6, 6.07) is 14.5. The first-order valence-electron chi connectivity index (χ1n) is 9.01. The number of hydrogen-bond acceptors (Lipinski definition) is 6. The molecule has 9 heteroatoms. The van der Waals surface area contributed by atoms with Gasteiger partial charge < -0.3 is 15.3 Å². The predicted molar refractivity (Wildman–Crippen MR) is 108 cm³/mol. The Morgan fingerprint density at radius 3 is 2.48 bits per heavy atom. The van der Waals surface area contributed by atoms with Gasteiger partial charge >= 0.3 is 6.61 Å². The molecule has 29 heavy (non-hydrogen) atoms. The maximum Gasteiger partial charge on any atom is 0.387 e. The van der Waals surface area contributed by atoms with Crippen LogP contribution in [0, 0.1) is 0 Å². The number of benzene rings is 2. The van der Waals surface area contributed by atoms with Gasteiger partial charge in [-0.1, -0.05) is 55.9 Å². The van der Waals surface area contributed by atoms with Gasteiger partial charge in [0.1, 0.15) is 18.1 Å². The number of ether oxygens (including phenoxy) is 2. The van der Waals surface area contributed by atoms with E-state index in [0.717, 1.165) is 0 Å². The molecule has 0 fully saturated rings. The summed E-state index contributed by atoms with van der Waals surface area (Å²) < 4.78 is 36.7. The Hall–Kier alpha value is -2.81. The summed E-state index contributed by atoms with van der Waals surface area (Å²) in [6.45, 7) is 1.54. The predicted octanol–water partition coefficient (Wildman–Crippen LogP) is 4.59. The van der Waals surface area contributed by atoms with Crippen LogP contribution in [0.2, 0.25) is 0 Å². The third-order valence-corrected chi connectivity index (χ3v) is 5.19. The van der Waals surface area contributed by atoms with Crippen molar-refractivity contribution in [2.45, 2.75) is 43.9 Å². The molecule has 2 aromatic carbocycles. The molecule has 0 unspecified atom stereocenters. The Labute approximate surface area is 172 Å². The third kappa shape index (κ3) is 5.60. The Kier molecular flexibility index (Phi) is 6.92. The van der Waals surface area contributed by atoms with Crippen LogP contribution >= 0.6 is 11.8 Å². The monoisotopic (exact) mass is 420 g/mol. The summed E-state index contributed by atoms with van der Waals surface area (Å²) in [5.41, 5.74) is 1.85. The SMILES string of the molecule is CC(C)c1ccc(OCc2nnc(SCc3ccccc3OC(F)F)n2N)cc1. The smallest absolute Gasteiger partial charge is 0.387 e. The summed E-state index contributed by atoms with van der Waals surface area (Å²) in [6.07, 6.45) is 0. The number of alkyl halides is 2. The van der Waals surface area contributed by atoms with E-state index in [4.69, 9.17) is 10.6 Å². The molecule has 0 aliphatic rings. The number of hydrogen-bond donors (Lipinski definition) is 1. The zero-order valence-electron chi connectivity index (χ0n) is 16.1. The highest BCUT2D eigenvalue weighted by molar-refractivity contribution is 7.98. The molecule has 0 spiro atoms. The highest BCUT2D eigenvalue weighted by Crippen LogP contribution is 2.28. The van der Waals surface area contributed by atoms with Crippen molar-refractivity contribution in [1.29, 1.82) is 0 Å². The second kappa shape index (κ2) is 9.60. The molecule has 1 heterocycles. The molecule has 0 bridgehead atoms. The maximum atomic E-state index is 12.5. The maximum absolute atomic E-state index is 12.5. The van der Waals surface area contributed by atoms with E-state index in [0.29, 0.717) is 34.0 Å². The third-order valence-electron chi connectivity index (χ3n) is 4.20. The fourth-order valence-corrected chi connectivity index (χ4v) is 3.44. The average Bonchev–Trinajstić information content (AvgIpc) is 3.05. The van der Waals surface area contributed by atoms with Crippen molar-refractivity contribution >= 4 is 11.8 Å². The first kappa shape index (κ1) is 20.9. The van der Waals surface area contributed by atoms with E-state index in [1.165, 1.54) is 28.1 Å². The van der Waals surface area contributed by atoms with Crippen LogP contribution in [0.5, 0.6) is 11.5 Å². The van der Waals surface area contributed by atoms with Crippen LogP contribution in [0.3, 0.4) is 0 Å². The number of para-hydroxylation sites is 1. The van der Waals surface area contributed by atoms with Gasteiger partial charge in [-0.05, 0) is 29.7 Å². The second-order valence-corrected chi connectivity index (χ2v) is 7.50. The molecular formula is C20H22F2N4O2S. The van der Waals surface area contributed by atoms with Crippen molar-refractivity contribution in [2.75, 3.05) is 5.84 Å². The van der Waals surface area contributed by atoms with Crippen LogP contribution in [-0.4, -0.2) is 21.5 Å². The van der Waals surface area contributed by atoms with Gasteiger partial charge in [0.25, 0.3) is 0 Å². The van der Waals surface area contributed by atoms with Gasteiger partial charge in [0.15, 0.2) is 5.82 Å². The molecule has 0 saturated carbocycles. The fraction of sp³-hybridized carbons (Fsp3) is 0.300. The van der Waals surface area contributed by atoms with Crippen LogP contribution in [-0.2, 0) is 12.4 Å². The van der Waals surface area contributed by atoms with E-state index < -0.39 is 6.61 Å². The zero-order chi connectivity index (χ0) is 20.8. The van der Waals surface area contributed by atoms with E-state index in [9.17, 15) is 8.78 Å². The number of nitrogens with zero attached hydrogens (tertiary/aromatic N) is 3. The molecule has 0 aliphatic heterocycles. The summed E-state index contributed by atoms with van der Waals surface area (Å²) >= 11 is 1.27. The van der Waals surface area contributed by atoms with Crippen molar-refractivity contribution in [1.82, 2.24) is 14.9 Å². The fourth-order valence-electron chi connectivity index (χ4n) is 2.58. The number of rotatable bonds is 9. The summed E-state index contributed by atoms with van der Waals surface area (Å²) in [4.78, 5) is 0. The molecule has 0 atom stereocenters. The minimum absolute atomic E-state index is 0.131. The second-order valence-electron chi connectivity index (χ2n) is 6.56. The van der Waals surface area contributed by atoms with Gasteiger partial charge in [-0.2, -0.15) is 8.78 Å². The lowest BCUT2D eigenvalue weighted by Gasteiger charge is -2.10. The van der Waals surface area contributed by atoms with Crippen LogP contribution in [0.1, 0.15) is 36.7 Å². The quantitative estimate of drug-likeness (QED) is 0.403. The van der Waals surface area contributed by atoms with Crippen molar-refractivity contribution in [3.8, 4) is 11.5 Å². The molecule has 0 amide bonds. The minimum atomic E-state index is -2.88. The van der Waals surface area contributed by atoms with Gasteiger partial charge in [-0.3, -0.25) is 0 Å². The molecule has 154 valence electrons. The summed E-state index contributed by atoms with van der Waals surface area (Å²) in [5, 5.41) is 8.55. The Balaban J connectivity index is 1.60. The van der Waals surface area contributed by atoms with E-state index >= 15 is 0 Å². The van der Waals surface area contributed by atoms with E-state index in [1.54, 1.807) is 18.2 Å². The average molecular weight is 420 g/mol. The summed E-state index contributed by atoms with van der Waals surface area (Å²) in [5.74, 6) is 8.16. The van der Waals surface area contributed by atoms with Crippen LogP contribution in [0.15, 0.2) is 53.7 Å². The molecule has 1 aromatic heterocycles. The number of halogens is 2. The van der Waals surface area contributed by atoms with Gasteiger partial charge in [0.2, 0.25) is 5.16 Å². The normalized spacial score (nSPS) is 11.2. The number of nitrogens with two attached hydrogens (primary N) is 1. The lowest BCUT2D eigenvalue weighted by atomic mass is 10.0. The lowest BCUT2D eigenvalue weighted by Crippen LogP contribution is -2.15. The number of aromatic nitrogens is 3. The van der Waals surface area contributed by atoms with Crippen molar-refractivity contribution in [3.63, 3.8) is 0 Å². The lowest BCUT2D eigenvalue weighted by molar-refractivity contribution is -0.0503. The van der Waals surface area contributed by atoms with Crippen molar-refractivity contribution in [2.24, 2.45) is 0 Å². The Morgan fingerprint density at radius 1 is 1.07 bits per heavy atom. The zero-order valence-corrected chi connectivity index (χ0v) is 16.9. The van der Waals surface area contributed by atoms with Gasteiger partial charge in [-0.15, -0.1) is 10.2 Å². The topological polar surface area (TPSA) is 75.2 Å². The molecule has 2 N–H and O–H groups in total. The number of thioether (sulfide) groups is 1. The minimum Gasteiger partial charge on any atom is -0.486 e. The van der Waals surface area contributed by atoms with Crippen molar-refractivity contribution in [3.05, 3.63) is 65.5 Å². The van der Waals surface area contributed by atoms with Gasteiger partial charge in [0.05, 0.1) is 0 Å². The highest BCUT2D eigenvalue weighted by Gasteiger charge is 2.14. The largest absolute Gasteiger partial charge is 0.486 e. The standard InChI is InChI=1S/C20H22F2N4O2S/c1-13(2)14-7-9-16(10-8-14)27-11-18-24-25-20(26(18)23)29-12-15-5-3-4-6-17(15)28-19(21)22/h3-10,13,19H,11-12,23H2,1-2H3. The first-order chi connectivity index (χ1) is 13.9. The van der Waals surface area contributed by atoms with Crippen LogP contribution in [0.25, 0.3) is 0 Å². The molecule has 0 saturated heterocycles. The van der Waals surface area contributed by atoms with E-state index in [2.05, 4.69) is 28.8 Å². The molecule has 6 nitrogen and oxygen atoms in total. The van der Waals surface area contributed by atoms with Crippen LogP contribution < -0.4 is 15.3 Å². The van der Waals surface area contributed by atoms with Gasteiger partial charge in [-0.25, -0.2) is 4.68 Å². The summed E-state index contributed by atoms with van der Waals surface area (Å²) in [7, 11) is 0. The Bertz CT molecular complexity index is 932. The van der Waals surface area contributed by atoms with Crippen LogP contribution in [0.4, 0.5) is 8.78 Å². The van der Waals surface area contributed by atoms with Gasteiger partial charge in [0, 0.05) is 11.3 Å². The highest BCUT2D eigenvalue weighted by atomic mass is 32.2. The molecular weight excluding hydrogens is 398 g/mol. The molecule has 0 aliphatic carbocycles. The molecule has 3 aromatic rings. The Morgan fingerprint density at radius 2 is 1.79 bits per heavy atom. The molecule has 3 rings (SSSR count). The van der Waals surface area contributed by atoms with E-state index in [-0.39, 0.29) is 12.4 Å². The van der Waals surface area contributed by atoms with E-state index in [1.807, 2.05) is 24.3 Å². The first-order valence-corrected chi connectivity index (χ1v) is 10.00. The number of nitrogen functional groups attached to an aromatic ring is 1.